The number of hydrogen-bond acceptors (Lipinski definition) is 3. The van der Waals surface area contributed by atoms with Crippen molar-refractivity contribution in [3.05, 3.63) is 59.7 Å². The molecule has 0 bridgehead atoms. The van der Waals surface area contributed by atoms with Crippen LogP contribution in [-0.4, -0.2) is 38.8 Å². The van der Waals surface area contributed by atoms with Gasteiger partial charge in [0.05, 0.1) is 5.39 Å². The molecule has 1 atom stereocenters. The van der Waals surface area contributed by atoms with Gasteiger partial charge in [-0.15, -0.1) is 0 Å². The molecule has 7 heteroatoms. The van der Waals surface area contributed by atoms with Crippen molar-refractivity contribution in [2.45, 2.75) is 19.3 Å². The molecule has 4 rings (SSSR count). The van der Waals surface area contributed by atoms with Gasteiger partial charge in [-0.25, -0.2) is 18.7 Å². The number of carbonyl (C=O) groups excluding carboxylic acids is 1. The number of nitrogens with zero attached hydrogens (tertiary/aromatic N) is 3. The van der Waals surface area contributed by atoms with Crippen molar-refractivity contribution in [3.63, 3.8) is 0 Å². The zero-order valence-electron chi connectivity index (χ0n) is 14.0. The van der Waals surface area contributed by atoms with Gasteiger partial charge in [-0.3, -0.25) is 4.79 Å². The first kappa shape index (κ1) is 16.6. The Labute approximate surface area is 149 Å². The van der Waals surface area contributed by atoms with Gasteiger partial charge in [0.25, 0.3) is 12.3 Å². The van der Waals surface area contributed by atoms with Gasteiger partial charge >= 0.3 is 0 Å². The first-order valence-electron chi connectivity index (χ1n) is 8.56. The lowest BCUT2D eigenvalue weighted by Gasteiger charge is -2.16. The lowest BCUT2D eigenvalue weighted by atomic mass is 9.98. The fourth-order valence-corrected chi connectivity index (χ4v) is 3.51. The molecule has 0 aliphatic carbocycles. The minimum absolute atomic E-state index is 0.0382. The normalized spacial score (nSPS) is 17.3. The number of aromatic amines is 1. The summed E-state index contributed by atoms with van der Waals surface area (Å²) in [7, 11) is 0. The Balaban J connectivity index is 1.43. The molecule has 3 heterocycles. The molecule has 0 spiro atoms. The number of amides is 1. The summed E-state index contributed by atoms with van der Waals surface area (Å²) in [5.41, 5.74) is 2.12. The number of rotatable bonds is 4. The Morgan fingerprint density at radius 2 is 2.04 bits per heavy atom. The van der Waals surface area contributed by atoms with E-state index in [4.69, 9.17) is 0 Å². The fraction of sp³-hybridized carbons (Fsp3) is 0.316. The summed E-state index contributed by atoms with van der Waals surface area (Å²) in [5.74, 6) is 0.229. The molecule has 3 aromatic rings. The maximum atomic E-state index is 12.8. The van der Waals surface area contributed by atoms with Gasteiger partial charge in [0.1, 0.15) is 17.7 Å². The summed E-state index contributed by atoms with van der Waals surface area (Å²) < 4.78 is 25.3. The van der Waals surface area contributed by atoms with Crippen LogP contribution in [0.1, 0.15) is 34.5 Å². The van der Waals surface area contributed by atoms with E-state index in [1.54, 1.807) is 24.4 Å². The molecule has 1 unspecified atom stereocenters. The van der Waals surface area contributed by atoms with Crippen LogP contribution in [-0.2, 0) is 6.42 Å². The molecule has 1 N–H and O–H groups in total. The van der Waals surface area contributed by atoms with Crippen molar-refractivity contribution in [1.82, 2.24) is 19.9 Å². The predicted molar refractivity (Wildman–Crippen MR) is 93.0 cm³/mol. The van der Waals surface area contributed by atoms with E-state index in [9.17, 15) is 13.6 Å². The monoisotopic (exact) mass is 356 g/mol. The largest absolute Gasteiger partial charge is 0.346 e. The van der Waals surface area contributed by atoms with Crippen LogP contribution < -0.4 is 0 Å². The topological polar surface area (TPSA) is 61.9 Å². The van der Waals surface area contributed by atoms with Crippen molar-refractivity contribution >= 4 is 16.9 Å². The van der Waals surface area contributed by atoms with Gasteiger partial charge in [-0.05, 0) is 30.4 Å². The second-order valence-electron chi connectivity index (χ2n) is 6.61. The summed E-state index contributed by atoms with van der Waals surface area (Å²) in [6.45, 7) is 1.32. The van der Waals surface area contributed by atoms with E-state index in [2.05, 4.69) is 15.0 Å². The van der Waals surface area contributed by atoms with Crippen LogP contribution in [0.15, 0.2) is 42.9 Å². The van der Waals surface area contributed by atoms with Crippen molar-refractivity contribution in [1.29, 1.82) is 0 Å². The first-order chi connectivity index (χ1) is 12.6. The average Bonchev–Trinajstić information content (AvgIpc) is 3.30. The quantitative estimate of drug-likeness (QED) is 0.777. The number of alkyl halides is 2. The number of hydrogen-bond donors (Lipinski definition) is 1. The van der Waals surface area contributed by atoms with Gasteiger partial charge in [0.15, 0.2) is 0 Å². The number of aromatic nitrogens is 3. The molecule has 1 amide bonds. The predicted octanol–water partition coefficient (Wildman–Crippen LogP) is 3.60. The van der Waals surface area contributed by atoms with Gasteiger partial charge in [0.2, 0.25) is 0 Å². The van der Waals surface area contributed by atoms with Crippen molar-refractivity contribution in [2.24, 2.45) is 5.92 Å². The third-order valence-electron chi connectivity index (χ3n) is 4.89. The molecule has 5 nitrogen and oxygen atoms in total. The molecule has 1 aromatic carbocycles. The molecule has 0 saturated carbocycles. The van der Waals surface area contributed by atoms with Crippen LogP contribution >= 0.6 is 0 Å². The molecular weight excluding hydrogens is 338 g/mol. The molecule has 1 aliphatic rings. The lowest BCUT2D eigenvalue weighted by molar-refractivity contribution is 0.0783. The molecule has 1 fully saturated rings. The fourth-order valence-electron chi connectivity index (χ4n) is 3.51. The zero-order valence-corrected chi connectivity index (χ0v) is 14.0. The summed E-state index contributed by atoms with van der Waals surface area (Å²) in [5, 5.41) is 0.725. The van der Waals surface area contributed by atoms with E-state index in [0.717, 1.165) is 23.8 Å². The van der Waals surface area contributed by atoms with Crippen LogP contribution in [0.4, 0.5) is 8.78 Å². The minimum Gasteiger partial charge on any atom is -0.346 e. The molecule has 1 aliphatic heterocycles. The Bertz CT molecular complexity index is 923. The molecular formula is C19H18F2N4O. The Morgan fingerprint density at radius 1 is 1.23 bits per heavy atom. The SMILES string of the molecule is O=C(c1ncnc2[nH]ccc12)N1CCC(Cc2ccc(C(F)F)cc2)C1. The number of halogens is 2. The maximum Gasteiger partial charge on any atom is 0.273 e. The van der Waals surface area contributed by atoms with Crippen LogP contribution in [0, 0.1) is 5.92 Å². The van der Waals surface area contributed by atoms with E-state index in [1.807, 2.05) is 4.90 Å². The van der Waals surface area contributed by atoms with Crippen molar-refractivity contribution in [2.75, 3.05) is 13.1 Å². The molecule has 134 valence electrons. The average molecular weight is 356 g/mol. The highest BCUT2D eigenvalue weighted by Crippen LogP contribution is 2.25. The highest BCUT2D eigenvalue weighted by molar-refractivity contribution is 6.03. The van der Waals surface area contributed by atoms with Gasteiger partial charge in [0, 0.05) is 24.8 Å². The van der Waals surface area contributed by atoms with Crippen molar-refractivity contribution < 1.29 is 13.6 Å². The van der Waals surface area contributed by atoms with Crippen LogP contribution in [0.3, 0.4) is 0 Å². The van der Waals surface area contributed by atoms with E-state index in [-0.39, 0.29) is 11.5 Å². The Kier molecular flexibility index (Phi) is 4.36. The van der Waals surface area contributed by atoms with Gasteiger partial charge < -0.3 is 9.88 Å². The Hall–Kier alpha value is -2.83. The third-order valence-corrected chi connectivity index (χ3v) is 4.89. The molecule has 0 radical (unpaired) electrons. The summed E-state index contributed by atoms with van der Waals surface area (Å²) in [6, 6.07) is 8.25. The summed E-state index contributed by atoms with van der Waals surface area (Å²) in [4.78, 5) is 25.9. The third kappa shape index (κ3) is 3.16. The number of carbonyl (C=O) groups is 1. The smallest absolute Gasteiger partial charge is 0.273 e. The van der Waals surface area contributed by atoms with Gasteiger partial charge in [-0.1, -0.05) is 24.3 Å². The highest BCUT2D eigenvalue weighted by atomic mass is 19.3. The molecule has 1 saturated heterocycles. The van der Waals surface area contributed by atoms with E-state index in [1.165, 1.54) is 18.5 Å². The van der Waals surface area contributed by atoms with Crippen molar-refractivity contribution in [3.8, 4) is 0 Å². The first-order valence-corrected chi connectivity index (χ1v) is 8.56. The number of nitrogens with one attached hydrogen (secondary N) is 1. The summed E-state index contributed by atoms with van der Waals surface area (Å²) in [6.07, 6.45) is 2.36. The van der Waals surface area contributed by atoms with E-state index < -0.39 is 6.43 Å². The van der Waals surface area contributed by atoms with E-state index in [0.29, 0.717) is 30.3 Å². The number of likely N-dealkylation sites (tertiary alicyclic amines) is 1. The standard InChI is InChI=1S/C19H18F2N4O/c20-17(21)14-3-1-12(2-4-14)9-13-6-8-25(10-13)19(26)16-15-5-7-22-18(15)24-11-23-16/h1-5,7,11,13,17H,6,8-10H2,(H,22,23,24). The number of benzene rings is 1. The second-order valence-corrected chi connectivity index (χ2v) is 6.61. The van der Waals surface area contributed by atoms with Crippen LogP contribution in [0.25, 0.3) is 11.0 Å². The van der Waals surface area contributed by atoms with Gasteiger partial charge in [-0.2, -0.15) is 0 Å². The maximum absolute atomic E-state index is 12.8. The Morgan fingerprint density at radius 3 is 2.81 bits per heavy atom. The summed E-state index contributed by atoms with van der Waals surface area (Å²) >= 11 is 0. The second kappa shape index (κ2) is 6.82. The van der Waals surface area contributed by atoms with E-state index >= 15 is 0 Å². The molecule has 2 aromatic heterocycles. The van der Waals surface area contributed by atoms with Crippen LogP contribution in [0.2, 0.25) is 0 Å². The highest BCUT2D eigenvalue weighted by Gasteiger charge is 2.29. The number of fused-ring (bicyclic) bond motifs is 1. The van der Waals surface area contributed by atoms with Crippen LogP contribution in [0.5, 0.6) is 0 Å². The number of H-pyrrole nitrogens is 1. The lowest BCUT2D eigenvalue weighted by Crippen LogP contribution is -2.29. The molecule has 26 heavy (non-hydrogen) atoms. The minimum atomic E-state index is -2.44. The zero-order chi connectivity index (χ0) is 18.1.